The molecule has 0 aliphatic carbocycles. The van der Waals surface area contributed by atoms with E-state index in [0.29, 0.717) is 17.7 Å². The number of rotatable bonds is 6. The summed E-state index contributed by atoms with van der Waals surface area (Å²) in [6.45, 7) is -0.533. The van der Waals surface area contributed by atoms with Gasteiger partial charge in [-0.1, -0.05) is 48.5 Å². The minimum absolute atomic E-state index is 0.341. The predicted molar refractivity (Wildman–Crippen MR) is 104 cm³/mol. The van der Waals surface area contributed by atoms with Gasteiger partial charge in [-0.3, -0.25) is 14.9 Å². The summed E-state index contributed by atoms with van der Waals surface area (Å²) in [6.07, 6.45) is 2.27. The molecule has 0 unspecified atom stereocenters. The van der Waals surface area contributed by atoms with Crippen molar-refractivity contribution in [3.8, 4) is 0 Å². The predicted octanol–water partition coefficient (Wildman–Crippen LogP) is 2.73. The van der Waals surface area contributed by atoms with Crippen LogP contribution in [-0.2, 0) is 23.0 Å². The number of nitrogens with one attached hydrogen (secondary N) is 1. The zero-order valence-corrected chi connectivity index (χ0v) is 15.4. The molecule has 0 radical (unpaired) electrons. The molecular formula is C22H20N2O4. The molecule has 6 heteroatoms. The van der Waals surface area contributed by atoms with E-state index in [4.69, 9.17) is 4.74 Å². The molecule has 0 fully saturated rings. The molecule has 0 saturated heterocycles. The average molecular weight is 376 g/mol. The summed E-state index contributed by atoms with van der Waals surface area (Å²) in [6, 6.07) is 20.1. The van der Waals surface area contributed by atoms with E-state index in [2.05, 4.69) is 5.32 Å². The Balaban J connectivity index is 1.60. The Hall–Kier alpha value is -3.67. The molecule has 28 heavy (non-hydrogen) atoms. The number of aryl methyl sites for hydroxylation is 1. The molecule has 3 rings (SSSR count). The van der Waals surface area contributed by atoms with Crippen molar-refractivity contribution in [2.24, 2.45) is 7.05 Å². The maximum absolute atomic E-state index is 12.4. The molecule has 0 atom stereocenters. The van der Waals surface area contributed by atoms with Crippen LogP contribution < -0.4 is 5.32 Å². The summed E-state index contributed by atoms with van der Waals surface area (Å²) in [7, 11) is 1.70. The SMILES string of the molecule is Cn1cccc1C(=O)NC(=O)COC(=O)c1ccccc1Cc1ccccc1. The Morgan fingerprint density at radius 2 is 1.64 bits per heavy atom. The molecule has 2 aromatic carbocycles. The largest absolute Gasteiger partial charge is 0.452 e. The Bertz CT molecular complexity index is 993. The van der Waals surface area contributed by atoms with Gasteiger partial charge in [0.2, 0.25) is 0 Å². The van der Waals surface area contributed by atoms with Crippen molar-refractivity contribution in [3.63, 3.8) is 0 Å². The monoisotopic (exact) mass is 376 g/mol. The van der Waals surface area contributed by atoms with Gasteiger partial charge in [-0.05, 0) is 35.7 Å². The Labute approximate surface area is 162 Å². The number of esters is 1. The minimum atomic E-state index is -0.680. The van der Waals surface area contributed by atoms with Crippen molar-refractivity contribution in [2.45, 2.75) is 6.42 Å². The van der Waals surface area contributed by atoms with E-state index in [-0.39, 0.29) is 0 Å². The number of amides is 2. The first-order valence-electron chi connectivity index (χ1n) is 8.79. The van der Waals surface area contributed by atoms with Crippen molar-refractivity contribution in [2.75, 3.05) is 6.61 Å². The first kappa shape index (κ1) is 19.1. The number of nitrogens with zero attached hydrogens (tertiary/aromatic N) is 1. The first-order valence-corrected chi connectivity index (χ1v) is 8.79. The third-order valence-electron chi connectivity index (χ3n) is 4.24. The molecule has 0 bridgehead atoms. The summed E-state index contributed by atoms with van der Waals surface area (Å²) in [5.41, 5.74) is 2.61. The van der Waals surface area contributed by atoms with E-state index >= 15 is 0 Å². The summed E-state index contributed by atoms with van der Waals surface area (Å²) in [5, 5.41) is 2.21. The Kier molecular flexibility index (Phi) is 6.01. The van der Waals surface area contributed by atoms with Crippen LogP contribution in [0.2, 0.25) is 0 Å². The minimum Gasteiger partial charge on any atom is -0.452 e. The fourth-order valence-corrected chi connectivity index (χ4v) is 2.82. The number of hydrogen-bond donors (Lipinski definition) is 1. The molecule has 3 aromatic rings. The van der Waals surface area contributed by atoms with Crippen LogP contribution in [0.1, 0.15) is 32.0 Å². The lowest BCUT2D eigenvalue weighted by Crippen LogP contribution is -2.35. The van der Waals surface area contributed by atoms with Gasteiger partial charge in [-0.25, -0.2) is 4.79 Å². The second-order valence-corrected chi connectivity index (χ2v) is 6.28. The first-order chi connectivity index (χ1) is 13.5. The number of aromatic nitrogens is 1. The van der Waals surface area contributed by atoms with Gasteiger partial charge < -0.3 is 9.30 Å². The normalized spacial score (nSPS) is 10.3. The van der Waals surface area contributed by atoms with Crippen molar-refractivity contribution in [1.82, 2.24) is 9.88 Å². The molecular weight excluding hydrogens is 356 g/mol. The lowest BCUT2D eigenvalue weighted by molar-refractivity contribution is -0.123. The highest BCUT2D eigenvalue weighted by Crippen LogP contribution is 2.15. The smallest absolute Gasteiger partial charge is 0.338 e. The van der Waals surface area contributed by atoms with Gasteiger partial charge in [0, 0.05) is 13.2 Å². The fourth-order valence-electron chi connectivity index (χ4n) is 2.82. The second kappa shape index (κ2) is 8.81. The quantitative estimate of drug-likeness (QED) is 0.671. The van der Waals surface area contributed by atoms with Crippen molar-refractivity contribution in [3.05, 3.63) is 95.3 Å². The average Bonchev–Trinajstić information content (AvgIpc) is 3.13. The van der Waals surface area contributed by atoms with E-state index in [1.807, 2.05) is 42.5 Å². The number of ether oxygens (including phenoxy) is 1. The highest BCUT2D eigenvalue weighted by Gasteiger charge is 2.17. The lowest BCUT2D eigenvalue weighted by Gasteiger charge is -2.10. The van der Waals surface area contributed by atoms with Gasteiger partial charge in [0.05, 0.1) is 5.56 Å². The third kappa shape index (κ3) is 4.73. The van der Waals surface area contributed by atoms with E-state index in [1.165, 1.54) is 0 Å². The van der Waals surface area contributed by atoms with Gasteiger partial charge in [0.25, 0.3) is 11.8 Å². The van der Waals surface area contributed by atoms with Crippen LogP contribution in [0, 0.1) is 0 Å². The Morgan fingerprint density at radius 1 is 0.929 bits per heavy atom. The molecule has 0 saturated carbocycles. The topological polar surface area (TPSA) is 77.4 Å². The van der Waals surface area contributed by atoms with Gasteiger partial charge in [0.15, 0.2) is 6.61 Å². The summed E-state index contributed by atoms with van der Waals surface area (Å²) >= 11 is 0. The third-order valence-corrected chi connectivity index (χ3v) is 4.24. The maximum atomic E-state index is 12.4. The molecule has 0 aliphatic rings. The van der Waals surface area contributed by atoms with Gasteiger partial charge >= 0.3 is 5.97 Å². The Morgan fingerprint density at radius 3 is 2.36 bits per heavy atom. The van der Waals surface area contributed by atoms with E-state index in [0.717, 1.165) is 11.1 Å². The molecule has 142 valence electrons. The standard InChI is InChI=1S/C22H20N2O4/c1-24-13-7-12-19(24)21(26)23-20(25)15-28-22(27)18-11-6-5-10-17(18)14-16-8-3-2-4-9-16/h2-13H,14-15H2,1H3,(H,23,25,26). The van der Waals surface area contributed by atoms with Crippen LogP contribution in [-0.4, -0.2) is 29.0 Å². The van der Waals surface area contributed by atoms with Crippen molar-refractivity contribution < 1.29 is 19.1 Å². The van der Waals surface area contributed by atoms with E-state index in [9.17, 15) is 14.4 Å². The zero-order chi connectivity index (χ0) is 19.9. The highest BCUT2D eigenvalue weighted by molar-refractivity contribution is 6.04. The molecule has 0 spiro atoms. The van der Waals surface area contributed by atoms with Crippen molar-refractivity contribution in [1.29, 1.82) is 0 Å². The number of benzene rings is 2. The summed E-state index contributed by atoms with van der Waals surface area (Å²) in [5.74, 6) is -1.83. The van der Waals surface area contributed by atoms with Crippen LogP contribution in [0.15, 0.2) is 72.9 Å². The van der Waals surface area contributed by atoms with Crippen LogP contribution in [0.4, 0.5) is 0 Å². The van der Waals surface area contributed by atoms with Gasteiger partial charge in [-0.15, -0.1) is 0 Å². The fraction of sp³-hybridized carbons (Fsp3) is 0.136. The van der Waals surface area contributed by atoms with Crippen molar-refractivity contribution >= 4 is 17.8 Å². The molecule has 0 aliphatic heterocycles. The number of hydrogen-bond acceptors (Lipinski definition) is 4. The zero-order valence-electron chi connectivity index (χ0n) is 15.4. The van der Waals surface area contributed by atoms with Crippen LogP contribution in [0.3, 0.4) is 0 Å². The number of carbonyl (C=O) groups is 3. The van der Waals surface area contributed by atoms with Gasteiger partial charge in [-0.2, -0.15) is 0 Å². The number of carbonyl (C=O) groups excluding carboxylic acids is 3. The molecule has 1 aromatic heterocycles. The van der Waals surface area contributed by atoms with Crippen LogP contribution >= 0.6 is 0 Å². The highest BCUT2D eigenvalue weighted by atomic mass is 16.5. The van der Waals surface area contributed by atoms with Crippen LogP contribution in [0.25, 0.3) is 0 Å². The molecule has 1 N–H and O–H groups in total. The maximum Gasteiger partial charge on any atom is 0.338 e. The molecule has 1 heterocycles. The number of imide groups is 1. The molecule has 2 amide bonds. The van der Waals surface area contributed by atoms with Crippen LogP contribution in [0.5, 0.6) is 0 Å². The lowest BCUT2D eigenvalue weighted by atomic mass is 10.00. The summed E-state index contributed by atoms with van der Waals surface area (Å²) < 4.78 is 6.70. The second-order valence-electron chi connectivity index (χ2n) is 6.28. The van der Waals surface area contributed by atoms with E-state index in [1.54, 1.807) is 42.1 Å². The van der Waals surface area contributed by atoms with E-state index < -0.39 is 24.4 Å². The molecule has 6 nitrogen and oxygen atoms in total. The van der Waals surface area contributed by atoms with Gasteiger partial charge in [0.1, 0.15) is 5.69 Å². The summed E-state index contributed by atoms with van der Waals surface area (Å²) in [4.78, 5) is 36.4.